The Morgan fingerprint density at radius 3 is 2.41 bits per heavy atom. The van der Waals surface area contributed by atoms with E-state index in [9.17, 15) is 9.59 Å². The number of hydrogen-bond donors (Lipinski definition) is 1. The number of hydrogen-bond acceptors (Lipinski definition) is 4. The van der Waals surface area contributed by atoms with Crippen molar-refractivity contribution in [2.24, 2.45) is 0 Å². The van der Waals surface area contributed by atoms with E-state index in [0.29, 0.717) is 53.9 Å². The van der Waals surface area contributed by atoms with Crippen LogP contribution in [0.5, 0.6) is 0 Å². The first-order valence-corrected chi connectivity index (χ1v) is 12.0. The summed E-state index contributed by atoms with van der Waals surface area (Å²) < 4.78 is 0. The number of anilines is 1. The fourth-order valence-corrected chi connectivity index (χ4v) is 4.29. The third kappa shape index (κ3) is 6.07. The smallest absolute Gasteiger partial charge is 0.255 e. The SMILES string of the molecule is O=C(NCCCc1ccccc1)c1ccc(N2CCN(C(=O)c3cc(Cl)ccc3Cl)CC2)nc1. The summed E-state index contributed by atoms with van der Waals surface area (Å²) in [6.45, 7) is 2.99. The number of amides is 2. The minimum atomic E-state index is -0.126. The summed E-state index contributed by atoms with van der Waals surface area (Å²) in [5.41, 5.74) is 2.22. The van der Waals surface area contributed by atoms with Crippen LogP contribution in [0.2, 0.25) is 10.0 Å². The van der Waals surface area contributed by atoms with Crippen LogP contribution >= 0.6 is 23.2 Å². The van der Waals surface area contributed by atoms with Gasteiger partial charge in [0.1, 0.15) is 5.82 Å². The zero-order chi connectivity index (χ0) is 23.9. The zero-order valence-electron chi connectivity index (χ0n) is 18.7. The highest BCUT2D eigenvalue weighted by molar-refractivity contribution is 6.35. The minimum absolute atomic E-state index is 0.124. The van der Waals surface area contributed by atoms with Gasteiger partial charge < -0.3 is 15.1 Å². The molecule has 0 atom stereocenters. The van der Waals surface area contributed by atoms with Gasteiger partial charge >= 0.3 is 0 Å². The van der Waals surface area contributed by atoms with E-state index in [1.807, 2.05) is 24.3 Å². The first-order valence-electron chi connectivity index (χ1n) is 11.3. The highest BCUT2D eigenvalue weighted by Crippen LogP contribution is 2.23. The van der Waals surface area contributed by atoms with Gasteiger partial charge in [0.15, 0.2) is 0 Å². The molecule has 3 aromatic rings. The van der Waals surface area contributed by atoms with E-state index in [2.05, 4.69) is 27.3 Å². The molecule has 0 unspecified atom stereocenters. The fourth-order valence-electron chi connectivity index (χ4n) is 3.92. The van der Waals surface area contributed by atoms with Crippen LogP contribution in [0.3, 0.4) is 0 Å². The molecule has 6 nitrogen and oxygen atoms in total. The Morgan fingerprint density at radius 2 is 1.71 bits per heavy atom. The summed E-state index contributed by atoms with van der Waals surface area (Å²) in [6.07, 6.45) is 3.41. The second-order valence-corrected chi connectivity index (χ2v) is 9.00. The number of pyridine rings is 1. The number of benzene rings is 2. The van der Waals surface area contributed by atoms with Crippen molar-refractivity contribution in [2.45, 2.75) is 12.8 Å². The van der Waals surface area contributed by atoms with E-state index in [1.165, 1.54) is 5.56 Å². The summed E-state index contributed by atoms with van der Waals surface area (Å²) in [7, 11) is 0. The first-order chi connectivity index (χ1) is 16.5. The number of rotatable bonds is 7. The fraction of sp³-hybridized carbons (Fsp3) is 0.269. The van der Waals surface area contributed by atoms with Crippen molar-refractivity contribution in [1.29, 1.82) is 0 Å². The number of nitrogens with zero attached hydrogens (tertiary/aromatic N) is 3. The molecule has 2 amide bonds. The number of carbonyl (C=O) groups excluding carboxylic acids is 2. The molecule has 1 aliphatic rings. The summed E-state index contributed by atoms with van der Waals surface area (Å²) in [6, 6.07) is 18.8. The second-order valence-electron chi connectivity index (χ2n) is 8.15. The van der Waals surface area contributed by atoms with Gasteiger partial charge in [0.25, 0.3) is 11.8 Å². The molecule has 8 heteroatoms. The van der Waals surface area contributed by atoms with Crippen LogP contribution in [0.4, 0.5) is 5.82 Å². The quantitative estimate of drug-likeness (QED) is 0.480. The molecule has 0 radical (unpaired) electrons. The van der Waals surface area contributed by atoms with E-state index in [0.717, 1.165) is 18.7 Å². The van der Waals surface area contributed by atoms with Crippen LogP contribution in [-0.2, 0) is 6.42 Å². The van der Waals surface area contributed by atoms with Gasteiger partial charge in [-0.1, -0.05) is 53.5 Å². The molecule has 2 heterocycles. The number of carbonyl (C=O) groups is 2. The summed E-state index contributed by atoms with van der Waals surface area (Å²) >= 11 is 12.2. The van der Waals surface area contributed by atoms with Gasteiger partial charge in [0.2, 0.25) is 0 Å². The number of nitrogens with one attached hydrogen (secondary N) is 1. The standard InChI is InChI=1S/C26H26Cl2N4O2/c27-21-9-10-23(28)22(17-21)26(34)32-15-13-31(14-16-32)24-11-8-20(18-30-24)25(33)29-12-4-7-19-5-2-1-3-6-19/h1-3,5-6,8-11,17-18H,4,7,12-16H2,(H,29,33). The van der Waals surface area contributed by atoms with Crippen molar-refractivity contribution < 1.29 is 9.59 Å². The molecule has 1 fully saturated rings. The molecule has 34 heavy (non-hydrogen) atoms. The van der Waals surface area contributed by atoms with Crippen LogP contribution in [0, 0.1) is 0 Å². The maximum Gasteiger partial charge on any atom is 0.255 e. The predicted molar refractivity (Wildman–Crippen MR) is 136 cm³/mol. The van der Waals surface area contributed by atoms with Crippen molar-refractivity contribution in [1.82, 2.24) is 15.2 Å². The Labute approximate surface area is 209 Å². The first kappa shape index (κ1) is 24.0. The third-order valence-corrected chi connectivity index (χ3v) is 6.40. The zero-order valence-corrected chi connectivity index (χ0v) is 20.2. The summed E-state index contributed by atoms with van der Waals surface area (Å²) in [5.74, 6) is 0.536. The molecule has 0 bridgehead atoms. The summed E-state index contributed by atoms with van der Waals surface area (Å²) in [4.78, 5) is 33.6. The number of aryl methyl sites for hydroxylation is 1. The molecular weight excluding hydrogens is 471 g/mol. The van der Waals surface area contributed by atoms with E-state index in [1.54, 1.807) is 35.4 Å². The molecule has 4 rings (SSSR count). The van der Waals surface area contributed by atoms with Crippen molar-refractivity contribution in [3.8, 4) is 0 Å². The van der Waals surface area contributed by atoms with E-state index in [-0.39, 0.29) is 11.8 Å². The van der Waals surface area contributed by atoms with E-state index in [4.69, 9.17) is 23.2 Å². The highest BCUT2D eigenvalue weighted by atomic mass is 35.5. The van der Waals surface area contributed by atoms with Gasteiger partial charge in [-0.2, -0.15) is 0 Å². The van der Waals surface area contributed by atoms with Crippen molar-refractivity contribution in [3.63, 3.8) is 0 Å². The Balaban J connectivity index is 1.25. The van der Waals surface area contributed by atoms with Gasteiger partial charge in [-0.3, -0.25) is 9.59 Å². The highest BCUT2D eigenvalue weighted by Gasteiger charge is 2.24. The van der Waals surface area contributed by atoms with Crippen molar-refractivity contribution in [3.05, 3.63) is 93.6 Å². The average Bonchev–Trinajstić information content (AvgIpc) is 2.88. The van der Waals surface area contributed by atoms with Gasteiger partial charge in [-0.05, 0) is 48.7 Å². The van der Waals surface area contributed by atoms with Crippen LogP contribution in [0.15, 0.2) is 66.9 Å². The largest absolute Gasteiger partial charge is 0.353 e. The Hall–Kier alpha value is -3.09. The number of halogens is 2. The number of aromatic nitrogens is 1. The average molecular weight is 497 g/mol. The Morgan fingerprint density at radius 1 is 0.941 bits per heavy atom. The van der Waals surface area contributed by atoms with Gasteiger partial charge in [0, 0.05) is 43.9 Å². The molecule has 2 aromatic carbocycles. The molecular formula is C26H26Cl2N4O2. The lowest BCUT2D eigenvalue weighted by Gasteiger charge is -2.35. The van der Waals surface area contributed by atoms with Crippen LogP contribution in [0.1, 0.15) is 32.7 Å². The molecule has 0 spiro atoms. The third-order valence-electron chi connectivity index (χ3n) is 5.83. The molecule has 1 aliphatic heterocycles. The van der Waals surface area contributed by atoms with Crippen molar-refractivity contribution >= 4 is 40.8 Å². The second kappa shape index (κ2) is 11.4. The maximum atomic E-state index is 12.8. The number of piperazine rings is 1. The Kier molecular flexibility index (Phi) is 8.03. The van der Waals surface area contributed by atoms with Crippen LogP contribution in [0.25, 0.3) is 0 Å². The van der Waals surface area contributed by atoms with Gasteiger partial charge in [0.05, 0.1) is 16.1 Å². The normalized spacial score (nSPS) is 13.6. The van der Waals surface area contributed by atoms with E-state index < -0.39 is 0 Å². The molecule has 176 valence electrons. The minimum Gasteiger partial charge on any atom is -0.353 e. The topological polar surface area (TPSA) is 65.5 Å². The van der Waals surface area contributed by atoms with Gasteiger partial charge in [-0.25, -0.2) is 4.98 Å². The van der Waals surface area contributed by atoms with Crippen LogP contribution in [-0.4, -0.2) is 54.4 Å². The van der Waals surface area contributed by atoms with Crippen LogP contribution < -0.4 is 10.2 Å². The molecule has 1 N–H and O–H groups in total. The maximum absolute atomic E-state index is 12.8. The lowest BCUT2D eigenvalue weighted by atomic mass is 10.1. The monoisotopic (exact) mass is 496 g/mol. The Bertz CT molecular complexity index is 1130. The molecule has 1 saturated heterocycles. The molecule has 0 saturated carbocycles. The molecule has 0 aliphatic carbocycles. The molecule has 1 aromatic heterocycles. The van der Waals surface area contributed by atoms with Crippen molar-refractivity contribution in [2.75, 3.05) is 37.6 Å². The van der Waals surface area contributed by atoms with Gasteiger partial charge in [-0.15, -0.1) is 0 Å². The lowest BCUT2D eigenvalue weighted by Crippen LogP contribution is -2.49. The predicted octanol–water partition coefficient (Wildman–Crippen LogP) is 4.71. The lowest BCUT2D eigenvalue weighted by molar-refractivity contribution is 0.0746. The van der Waals surface area contributed by atoms with E-state index >= 15 is 0 Å². The summed E-state index contributed by atoms with van der Waals surface area (Å²) in [5, 5.41) is 3.83.